The summed E-state index contributed by atoms with van der Waals surface area (Å²) in [5.74, 6) is 0.799. The molecular weight excluding hydrogens is 422 g/mol. The first kappa shape index (κ1) is 21.3. The van der Waals surface area contributed by atoms with E-state index in [0.29, 0.717) is 36.1 Å². The molecule has 2 fully saturated rings. The van der Waals surface area contributed by atoms with Gasteiger partial charge >= 0.3 is 0 Å². The molecule has 10 nitrogen and oxygen atoms in total. The van der Waals surface area contributed by atoms with Crippen LogP contribution in [-0.2, 0) is 16.2 Å². The summed E-state index contributed by atoms with van der Waals surface area (Å²) in [7, 11) is 1.55. The normalized spacial score (nSPS) is 22.9. The van der Waals surface area contributed by atoms with Gasteiger partial charge in [-0.1, -0.05) is 0 Å². The molecule has 2 aliphatic rings. The van der Waals surface area contributed by atoms with Crippen LogP contribution >= 0.6 is 0 Å². The topological polar surface area (TPSA) is 119 Å². The molecule has 1 saturated heterocycles. The van der Waals surface area contributed by atoms with Crippen LogP contribution in [0.25, 0.3) is 11.0 Å². The number of methoxy groups -OCH3 is 1. The third-order valence-electron chi connectivity index (χ3n) is 6.55. The van der Waals surface area contributed by atoms with Crippen molar-refractivity contribution in [1.29, 1.82) is 5.26 Å². The van der Waals surface area contributed by atoms with Gasteiger partial charge in [-0.2, -0.15) is 10.4 Å². The molecule has 1 aliphatic heterocycles. The Morgan fingerprint density at radius 1 is 1.21 bits per heavy atom. The lowest BCUT2D eigenvalue weighted by molar-refractivity contribution is -0.183. The maximum atomic E-state index is 13.3. The number of aromatic nitrogens is 5. The van der Waals surface area contributed by atoms with Gasteiger partial charge in [0.05, 0.1) is 49.1 Å². The Morgan fingerprint density at radius 3 is 2.85 bits per heavy atom. The molecule has 0 N–H and O–H groups in total. The van der Waals surface area contributed by atoms with Crippen LogP contribution in [0.5, 0.6) is 5.88 Å². The number of pyridine rings is 1. The second-order valence-corrected chi connectivity index (χ2v) is 8.57. The van der Waals surface area contributed by atoms with E-state index >= 15 is 0 Å². The van der Waals surface area contributed by atoms with Crippen molar-refractivity contribution in [1.82, 2.24) is 29.8 Å². The van der Waals surface area contributed by atoms with Gasteiger partial charge in [-0.3, -0.25) is 24.3 Å². The Labute approximate surface area is 191 Å². The van der Waals surface area contributed by atoms with Gasteiger partial charge in [-0.15, -0.1) is 0 Å². The van der Waals surface area contributed by atoms with Crippen molar-refractivity contribution in [3.63, 3.8) is 0 Å². The van der Waals surface area contributed by atoms with Crippen molar-refractivity contribution < 1.29 is 14.4 Å². The molecule has 0 spiro atoms. The minimum atomic E-state index is -0.241. The quantitative estimate of drug-likeness (QED) is 0.586. The number of fused-ring (bicyclic) bond motifs is 1. The molecule has 1 saturated carbocycles. The SMILES string of the molecule is COc1cncc([C@@H]2CCON2C(=O)[C@H]2CC[C@H](Cn3ncc4ncc(C#N)cc43)CC2)n1. The van der Waals surface area contributed by atoms with Crippen LogP contribution in [0.2, 0.25) is 0 Å². The fourth-order valence-electron chi connectivity index (χ4n) is 4.76. The van der Waals surface area contributed by atoms with Crippen LogP contribution in [0.15, 0.2) is 30.9 Å². The summed E-state index contributed by atoms with van der Waals surface area (Å²) in [5, 5.41) is 15.1. The van der Waals surface area contributed by atoms with Gasteiger partial charge in [-0.25, -0.2) is 10.0 Å². The van der Waals surface area contributed by atoms with E-state index in [0.717, 1.165) is 43.3 Å². The molecule has 4 heterocycles. The number of nitrogens with zero attached hydrogens (tertiary/aromatic N) is 7. The van der Waals surface area contributed by atoms with E-state index in [1.807, 2.05) is 10.7 Å². The average Bonchev–Trinajstić information content (AvgIpc) is 3.51. The molecule has 170 valence electrons. The highest BCUT2D eigenvalue weighted by molar-refractivity contribution is 5.78. The molecule has 3 aromatic rings. The second kappa shape index (κ2) is 9.11. The highest BCUT2D eigenvalue weighted by Crippen LogP contribution is 2.36. The Hall–Kier alpha value is -3.58. The van der Waals surface area contributed by atoms with E-state index in [9.17, 15) is 4.79 Å². The van der Waals surface area contributed by atoms with E-state index in [1.165, 1.54) is 5.06 Å². The molecule has 0 bridgehead atoms. The van der Waals surface area contributed by atoms with Gasteiger partial charge in [0.2, 0.25) is 11.8 Å². The lowest BCUT2D eigenvalue weighted by Crippen LogP contribution is -2.37. The molecule has 1 amide bonds. The minimum Gasteiger partial charge on any atom is -0.480 e. The minimum absolute atomic E-state index is 0.0213. The third-order valence-corrected chi connectivity index (χ3v) is 6.55. The van der Waals surface area contributed by atoms with E-state index in [2.05, 4.69) is 26.1 Å². The largest absolute Gasteiger partial charge is 0.480 e. The van der Waals surface area contributed by atoms with Crippen LogP contribution in [0, 0.1) is 23.2 Å². The van der Waals surface area contributed by atoms with Crippen LogP contribution in [-0.4, -0.2) is 49.4 Å². The Bertz CT molecular complexity index is 1200. The molecule has 0 radical (unpaired) electrons. The maximum absolute atomic E-state index is 13.3. The van der Waals surface area contributed by atoms with Crippen molar-refractivity contribution in [2.75, 3.05) is 13.7 Å². The van der Waals surface area contributed by atoms with Crippen LogP contribution in [0.4, 0.5) is 0 Å². The zero-order valence-electron chi connectivity index (χ0n) is 18.4. The van der Waals surface area contributed by atoms with Crippen LogP contribution in [0.1, 0.15) is 49.4 Å². The molecule has 1 atom stereocenters. The van der Waals surface area contributed by atoms with E-state index in [1.54, 1.807) is 31.9 Å². The molecule has 1 aliphatic carbocycles. The molecule has 10 heteroatoms. The predicted octanol–water partition coefficient (Wildman–Crippen LogP) is 2.81. The third kappa shape index (κ3) is 4.24. The molecular formula is C23H25N7O3. The Morgan fingerprint density at radius 2 is 2.06 bits per heavy atom. The number of nitriles is 1. The van der Waals surface area contributed by atoms with E-state index < -0.39 is 0 Å². The maximum Gasteiger partial charge on any atom is 0.249 e. The van der Waals surface area contributed by atoms with Crippen LogP contribution in [0.3, 0.4) is 0 Å². The summed E-state index contributed by atoms with van der Waals surface area (Å²) >= 11 is 0. The zero-order chi connectivity index (χ0) is 22.8. The van der Waals surface area contributed by atoms with Gasteiger partial charge in [0.1, 0.15) is 17.6 Å². The summed E-state index contributed by atoms with van der Waals surface area (Å²) < 4.78 is 7.10. The molecule has 0 aromatic carbocycles. The molecule has 33 heavy (non-hydrogen) atoms. The fourth-order valence-corrected chi connectivity index (χ4v) is 4.76. The van der Waals surface area contributed by atoms with Crippen molar-refractivity contribution in [3.05, 3.63) is 42.1 Å². The van der Waals surface area contributed by atoms with Gasteiger partial charge in [-0.05, 0) is 37.7 Å². The zero-order valence-corrected chi connectivity index (χ0v) is 18.4. The highest BCUT2D eigenvalue weighted by atomic mass is 16.7. The van der Waals surface area contributed by atoms with Gasteiger partial charge in [0, 0.05) is 25.1 Å². The number of carbonyl (C=O) groups is 1. The Kier molecular flexibility index (Phi) is 5.88. The lowest BCUT2D eigenvalue weighted by atomic mass is 9.81. The summed E-state index contributed by atoms with van der Waals surface area (Å²) in [6.45, 7) is 1.24. The van der Waals surface area contributed by atoms with Crippen molar-refractivity contribution >= 4 is 16.9 Å². The Balaban J connectivity index is 1.22. The second-order valence-electron chi connectivity index (χ2n) is 8.57. The standard InChI is InChI=1S/C23H25N7O3/c1-32-22-13-25-11-19(28-22)20-6-7-33-30(20)23(31)17-4-2-15(3-5-17)14-29-21-8-16(9-24)10-26-18(21)12-27-29/h8,10-13,15,17,20H,2-7,14H2,1H3/t15-,17-,20-/m0/s1. The van der Waals surface area contributed by atoms with Crippen LogP contribution < -0.4 is 4.74 Å². The number of hydroxylamine groups is 2. The predicted molar refractivity (Wildman–Crippen MR) is 116 cm³/mol. The molecule has 0 unspecified atom stereocenters. The molecule has 3 aromatic heterocycles. The summed E-state index contributed by atoms with van der Waals surface area (Å²) in [6, 6.07) is 3.72. The first-order valence-corrected chi connectivity index (χ1v) is 11.2. The first-order valence-electron chi connectivity index (χ1n) is 11.2. The van der Waals surface area contributed by atoms with Gasteiger partial charge in [0.25, 0.3) is 0 Å². The number of hydrogen-bond donors (Lipinski definition) is 0. The van der Waals surface area contributed by atoms with Crippen molar-refractivity contribution in [2.24, 2.45) is 11.8 Å². The van der Waals surface area contributed by atoms with Gasteiger partial charge < -0.3 is 4.74 Å². The van der Waals surface area contributed by atoms with Crippen molar-refractivity contribution in [3.8, 4) is 11.9 Å². The smallest absolute Gasteiger partial charge is 0.249 e. The van der Waals surface area contributed by atoms with Gasteiger partial charge in [0.15, 0.2) is 0 Å². The number of rotatable bonds is 5. The number of carbonyl (C=O) groups excluding carboxylic acids is 1. The highest BCUT2D eigenvalue weighted by Gasteiger charge is 2.38. The number of ether oxygens (including phenoxy) is 1. The summed E-state index contributed by atoms with van der Waals surface area (Å²) in [4.78, 5) is 31.9. The monoisotopic (exact) mass is 447 g/mol. The fraction of sp³-hybridized carbons (Fsp3) is 0.478. The van der Waals surface area contributed by atoms with Crippen molar-refractivity contribution in [2.45, 2.75) is 44.7 Å². The summed E-state index contributed by atoms with van der Waals surface area (Å²) in [6.07, 6.45) is 10.7. The lowest BCUT2D eigenvalue weighted by Gasteiger charge is -2.31. The summed E-state index contributed by atoms with van der Waals surface area (Å²) in [5.41, 5.74) is 2.87. The number of amides is 1. The van der Waals surface area contributed by atoms with E-state index in [4.69, 9.17) is 14.8 Å². The number of hydrogen-bond acceptors (Lipinski definition) is 8. The van der Waals surface area contributed by atoms with E-state index in [-0.39, 0.29) is 17.9 Å². The average molecular weight is 447 g/mol. The first-order chi connectivity index (χ1) is 16.2. The molecule has 5 rings (SSSR count).